The molecule has 2 fully saturated rings. The summed E-state index contributed by atoms with van der Waals surface area (Å²) in [5, 5.41) is 0. The first kappa shape index (κ1) is 16.7. The lowest BCUT2D eigenvalue weighted by atomic mass is 9.95. The highest BCUT2D eigenvalue weighted by molar-refractivity contribution is 5.79. The molecule has 3 rings (SSSR count). The molecule has 0 unspecified atom stereocenters. The number of nitrogens with zero attached hydrogens (tertiary/aromatic N) is 5. The summed E-state index contributed by atoms with van der Waals surface area (Å²) >= 11 is 0. The molecule has 2 aliphatic rings. The van der Waals surface area contributed by atoms with Gasteiger partial charge in [-0.05, 0) is 12.8 Å². The Hall–Kier alpha value is -2.16. The summed E-state index contributed by atoms with van der Waals surface area (Å²) in [6, 6.07) is 0.451. The van der Waals surface area contributed by atoms with Crippen molar-refractivity contribution in [1.82, 2.24) is 19.9 Å². The fraction of sp³-hybridized carbons (Fsp3) is 0.733. The van der Waals surface area contributed by atoms with Crippen LogP contribution in [0.4, 0.5) is 5.95 Å². The van der Waals surface area contributed by atoms with Gasteiger partial charge in [-0.1, -0.05) is 0 Å². The maximum absolute atomic E-state index is 12.6. The molecule has 1 amide bonds. The number of carbonyl (C=O) groups excluding carboxylic acids is 1. The van der Waals surface area contributed by atoms with E-state index in [1.807, 2.05) is 9.80 Å². The summed E-state index contributed by atoms with van der Waals surface area (Å²) in [6.07, 6.45) is 1.57. The summed E-state index contributed by atoms with van der Waals surface area (Å²) in [5.74, 6) is 0.824. The highest BCUT2D eigenvalue weighted by Crippen LogP contribution is 2.24. The Morgan fingerprint density at radius 1 is 1.00 bits per heavy atom. The molecule has 0 spiro atoms. The normalized spacial score (nSPS) is 19.2. The lowest BCUT2D eigenvalue weighted by Crippen LogP contribution is -2.47. The maximum atomic E-state index is 12.6. The van der Waals surface area contributed by atoms with E-state index in [1.165, 1.54) is 14.2 Å². The van der Waals surface area contributed by atoms with Gasteiger partial charge < -0.3 is 24.0 Å². The average molecular weight is 337 g/mol. The molecule has 1 aromatic rings. The number of anilines is 1. The zero-order valence-corrected chi connectivity index (χ0v) is 14.1. The van der Waals surface area contributed by atoms with Gasteiger partial charge in [0.2, 0.25) is 11.9 Å². The van der Waals surface area contributed by atoms with Crippen LogP contribution in [0.2, 0.25) is 0 Å². The predicted molar refractivity (Wildman–Crippen MR) is 85.3 cm³/mol. The van der Waals surface area contributed by atoms with E-state index in [1.54, 1.807) is 0 Å². The number of amides is 1. The first-order chi connectivity index (χ1) is 11.7. The minimum atomic E-state index is 0.0602. The monoisotopic (exact) mass is 337 g/mol. The first-order valence-corrected chi connectivity index (χ1v) is 8.17. The molecular formula is C15H23N5O4. The van der Waals surface area contributed by atoms with Crippen LogP contribution >= 0.6 is 0 Å². The quantitative estimate of drug-likeness (QED) is 0.756. The highest BCUT2D eigenvalue weighted by Gasteiger charge is 2.30. The number of aromatic nitrogens is 3. The molecule has 0 radical (unpaired) electrons. The summed E-state index contributed by atoms with van der Waals surface area (Å²) < 4.78 is 15.5. The average Bonchev–Trinajstić information content (AvgIpc) is 2.67. The van der Waals surface area contributed by atoms with Crippen molar-refractivity contribution < 1.29 is 19.0 Å². The molecule has 2 saturated heterocycles. The molecule has 9 nitrogen and oxygen atoms in total. The number of morpholine rings is 1. The lowest BCUT2D eigenvalue weighted by Gasteiger charge is -2.35. The second kappa shape index (κ2) is 7.61. The van der Waals surface area contributed by atoms with Crippen molar-refractivity contribution in [2.45, 2.75) is 12.8 Å². The third-order valence-electron chi connectivity index (χ3n) is 4.40. The molecule has 2 aliphatic heterocycles. The highest BCUT2D eigenvalue weighted by atomic mass is 16.5. The Bertz CT molecular complexity index is 549. The zero-order valence-electron chi connectivity index (χ0n) is 14.1. The van der Waals surface area contributed by atoms with Crippen LogP contribution in [0, 0.1) is 5.92 Å². The fourth-order valence-electron chi connectivity index (χ4n) is 3.02. The standard InChI is InChI=1S/C15H23N5O4/c1-22-14-16-13(17-15(18-14)23-2)20-5-3-11(4-6-20)12(21)19-7-9-24-10-8-19/h11H,3-10H2,1-2H3. The van der Waals surface area contributed by atoms with Crippen molar-refractivity contribution in [3.8, 4) is 12.0 Å². The number of rotatable bonds is 4. The van der Waals surface area contributed by atoms with Crippen molar-refractivity contribution in [3.63, 3.8) is 0 Å². The first-order valence-electron chi connectivity index (χ1n) is 8.17. The third-order valence-corrected chi connectivity index (χ3v) is 4.40. The lowest BCUT2D eigenvalue weighted by molar-refractivity contribution is -0.140. The summed E-state index contributed by atoms with van der Waals surface area (Å²) in [6.45, 7) is 4.10. The van der Waals surface area contributed by atoms with Gasteiger partial charge in [-0.3, -0.25) is 4.79 Å². The minimum absolute atomic E-state index is 0.0602. The van der Waals surface area contributed by atoms with Crippen molar-refractivity contribution in [3.05, 3.63) is 0 Å². The molecule has 0 saturated carbocycles. The second-order valence-corrected chi connectivity index (χ2v) is 5.81. The minimum Gasteiger partial charge on any atom is -0.467 e. The summed E-state index contributed by atoms with van der Waals surface area (Å²) in [7, 11) is 3.01. The Labute approximate surface area is 140 Å². The van der Waals surface area contributed by atoms with E-state index in [0.29, 0.717) is 32.3 Å². The van der Waals surface area contributed by atoms with Crippen molar-refractivity contribution in [2.75, 3.05) is 58.5 Å². The molecule has 0 atom stereocenters. The smallest absolute Gasteiger partial charge is 0.324 e. The fourth-order valence-corrected chi connectivity index (χ4v) is 3.02. The summed E-state index contributed by atoms with van der Waals surface area (Å²) in [5.41, 5.74) is 0. The second-order valence-electron chi connectivity index (χ2n) is 5.81. The van der Waals surface area contributed by atoms with Gasteiger partial charge in [0.25, 0.3) is 0 Å². The number of hydrogen-bond donors (Lipinski definition) is 0. The zero-order chi connectivity index (χ0) is 16.9. The molecule has 9 heteroatoms. The van der Waals surface area contributed by atoms with E-state index in [4.69, 9.17) is 14.2 Å². The largest absolute Gasteiger partial charge is 0.467 e. The van der Waals surface area contributed by atoms with Crippen LogP contribution in [0.5, 0.6) is 12.0 Å². The number of ether oxygens (including phenoxy) is 3. The van der Waals surface area contributed by atoms with Crippen LogP contribution in [-0.4, -0.2) is 79.4 Å². The van der Waals surface area contributed by atoms with Crippen LogP contribution in [0.25, 0.3) is 0 Å². The van der Waals surface area contributed by atoms with Gasteiger partial charge in [0, 0.05) is 32.1 Å². The topological polar surface area (TPSA) is 89.9 Å². The Morgan fingerprint density at radius 2 is 1.58 bits per heavy atom. The Balaban J connectivity index is 1.61. The van der Waals surface area contributed by atoms with Gasteiger partial charge in [0.15, 0.2) is 0 Å². The van der Waals surface area contributed by atoms with Gasteiger partial charge in [0.05, 0.1) is 27.4 Å². The van der Waals surface area contributed by atoms with Gasteiger partial charge in [-0.2, -0.15) is 9.97 Å². The number of hydrogen-bond acceptors (Lipinski definition) is 8. The molecule has 0 aromatic carbocycles. The van der Waals surface area contributed by atoms with E-state index in [9.17, 15) is 4.79 Å². The molecule has 1 aromatic heterocycles. The number of piperidine rings is 1. The van der Waals surface area contributed by atoms with Crippen LogP contribution in [0.3, 0.4) is 0 Å². The molecule has 3 heterocycles. The SMILES string of the molecule is COc1nc(OC)nc(N2CCC(C(=O)N3CCOCC3)CC2)n1. The van der Waals surface area contributed by atoms with Gasteiger partial charge in [0.1, 0.15) is 0 Å². The van der Waals surface area contributed by atoms with E-state index in [-0.39, 0.29) is 23.8 Å². The summed E-state index contributed by atoms with van der Waals surface area (Å²) in [4.78, 5) is 29.1. The van der Waals surface area contributed by atoms with Crippen LogP contribution in [0.1, 0.15) is 12.8 Å². The van der Waals surface area contributed by atoms with Crippen molar-refractivity contribution in [1.29, 1.82) is 0 Å². The van der Waals surface area contributed by atoms with Crippen LogP contribution < -0.4 is 14.4 Å². The van der Waals surface area contributed by atoms with Crippen molar-refractivity contribution in [2.24, 2.45) is 5.92 Å². The maximum Gasteiger partial charge on any atom is 0.324 e. The molecule has 0 N–H and O–H groups in total. The predicted octanol–water partition coefficient (Wildman–Crippen LogP) is -0.0360. The van der Waals surface area contributed by atoms with Crippen LogP contribution in [-0.2, 0) is 9.53 Å². The van der Waals surface area contributed by atoms with Gasteiger partial charge in [-0.25, -0.2) is 0 Å². The number of methoxy groups -OCH3 is 2. The van der Waals surface area contributed by atoms with E-state index in [0.717, 1.165) is 25.9 Å². The molecular weight excluding hydrogens is 314 g/mol. The third kappa shape index (κ3) is 3.66. The van der Waals surface area contributed by atoms with Gasteiger partial charge >= 0.3 is 12.0 Å². The number of carbonyl (C=O) groups is 1. The van der Waals surface area contributed by atoms with Crippen LogP contribution in [0.15, 0.2) is 0 Å². The Morgan fingerprint density at radius 3 is 2.12 bits per heavy atom. The van der Waals surface area contributed by atoms with E-state index < -0.39 is 0 Å². The molecule has 0 bridgehead atoms. The van der Waals surface area contributed by atoms with Gasteiger partial charge in [-0.15, -0.1) is 4.98 Å². The van der Waals surface area contributed by atoms with Crippen molar-refractivity contribution >= 4 is 11.9 Å². The molecule has 24 heavy (non-hydrogen) atoms. The van der Waals surface area contributed by atoms with E-state index in [2.05, 4.69) is 15.0 Å². The Kier molecular flexibility index (Phi) is 5.29. The molecule has 0 aliphatic carbocycles. The molecule has 132 valence electrons. The van der Waals surface area contributed by atoms with E-state index >= 15 is 0 Å².